The molecule has 2 aliphatic rings. The van der Waals surface area contributed by atoms with Crippen LogP contribution in [0.3, 0.4) is 0 Å². The van der Waals surface area contributed by atoms with Gasteiger partial charge in [0.15, 0.2) is 0 Å². The molecule has 80 valence electrons. The third-order valence-electron chi connectivity index (χ3n) is 4.16. The molecule has 1 fully saturated rings. The van der Waals surface area contributed by atoms with Gasteiger partial charge in [-0.15, -0.1) is 0 Å². The van der Waals surface area contributed by atoms with Gasteiger partial charge in [0, 0.05) is 0 Å². The Labute approximate surface area is 91.1 Å². The Morgan fingerprint density at radius 1 is 1.33 bits per heavy atom. The first kappa shape index (κ1) is 9.41. The van der Waals surface area contributed by atoms with E-state index in [9.17, 15) is 5.11 Å². The molecule has 0 aromatic heterocycles. The van der Waals surface area contributed by atoms with Crippen LogP contribution in [-0.4, -0.2) is 5.11 Å². The normalized spacial score (nSPS) is 32.8. The van der Waals surface area contributed by atoms with Gasteiger partial charge >= 0.3 is 0 Å². The van der Waals surface area contributed by atoms with Gasteiger partial charge in [0.25, 0.3) is 0 Å². The van der Waals surface area contributed by atoms with Gasteiger partial charge in [-0.3, -0.25) is 0 Å². The molecule has 0 aliphatic heterocycles. The summed E-state index contributed by atoms with van der Waals surface area (Å²) >= 11 is 0. The van der Waals surface area contributed by atoms with Crippen molar-refractivity contribution in [3.8, 4) is 0 Å². The standard InChI is InChI=1S/C14H18O/c1-2-12-9-14(12,15)13-7-6-10-4-3-5-11(10)8-13/h6-8,12,15H,2-5,9H2,1H3. The summed E-state index contributed by atoms with van der Waals surface area (Å²) in [4.78, 5) is 0. The highest BCUT2D eigenvalue weighted by Crippen LogP contribution is 2.54. The van der Waals surface area contributed by atoms with Crippen LogP contribution in [0.15, 0.2) is 18.2 Å². The minimum Gasteiger partial charge on any atom is -0.385 e. The van der Waals surface area contributed by atoms with Crippen LogP contribution in [0.5, 0.6) is 0 Å². The Morgan fingerprint density at radius 3 is 2.87 bits per heavy atom. The second-order valence-electron chi connectivity index (χ2n) is 5.07. The summed E-state index contributed by atoms with van der Waals surface area (Å²) in [5.74, 6) is 0.497. The van der Waals surface area contributed by atoms with E-state index >= 15 is 0 Å². The average molecular weight is 202 g/mol. The van der Waals surface area contributed by atoms with Crippen molar-refractivity contribution in [2.24, 2.45) is 5.92 Å². The Hall–Kier alpha value is -0.820. The first-order chi connectivity index (χ1) is 7.24. The number of fused-ring (bicyclic) bond motifs is 1. The van der Waals surface area contributed by atoms with Gasteiger partial charge in [-0.2, -0.15) is 0 Å². The van der Waals surface area contributed by atoms with E-state index in [2.05, 4.69) is 25.1 Å². The molecule has 0 radical (unpaired) electrons. The fourth-order valence-electron chi connectivity index (χ4n) is 2.99. The van der Waals surface area contributed by atoms with Gasteiger partial charge in [0.05, 0.1) is 5.60 Å². The van der Waals surface area contributed by atoms with E-state index in [0.717, 1.165) is 18.4 Å². The van der Waals surface area contributed by atoms with Crippen molar-refractivity contribution >= 4 is 0 Å². The molecule has 3 rings (SSSR count). The van der Waals surface area contributed by atoms with Gasteiger partial charge in [0.1, 0.15) is 0 Å². The maximum absolute atomic E-state index is 10.4. The second-order valence-corrected chi connectivity index (χ2v) is 5.07. The number of aryl methyl sites for hydroxylation is 2. The molecule has 15 heavy (non-hydrogen) atoms. The molecule has 0 bridgehead atoms. The van der Waals surface area contributed by atoms with Crippen LogP contribution >= 0.6 is 0 Å². The number of benzene rings is 1. The number of aliphatic hydroxyl groups is 1. The minimum absolute atomic E-state index is 0.480. The Bertz CT molecular complexity index is 396. The summed E-state index contributed by atoms with van der Waals surface area (Å²) in [6, 6.07) is 6.61. The summed E-state index contributed by atoms with van der Waals surface area (Å²) < 4.78 is 0. The summed E-state index contributed by atoms with van der Waals surface area (Å²) in [6.07, 6.45) is 5.77. The summed E-state index contributed by atoms with van der Waals surface area (Å²) in [7, 11) is 0. The van der Waals surface area contributed by atoms with Gasteiger partial charge in [-0.05, 0) is 48.3 Å². The van der Waals surface area contributed by atoms with Crippen LogP contribution in [0.1, 0.15) is 42.9 Å². The first-order valence-electron chi connectivity index (χ1n) is 6.08. The molecule has 2 unspecified atom stereocenters. The van der Waals surface area contributed by atoms with Crippen LogP contribution in [0.2, 0.25) is 0 Å². The lowest BCUT2D eigenvalue weighted by Gasteiger charge is -2.12. The van der Waals surface area contributed by atoms with E-state index in [0.29, 0.717) is 5.92 Å². The van der Waals surface area contributed by atoms with E-state index in [1.807, 2.05) is 0 Å². The maximum atomic E-state index is 10.4. The summed E-state index contributed by atoms with van der Waals surface area (Å²) in [6.45, 7) is 2.16. The fraction of sp³-hybridized carbons (Fsp3) is 0.571. The van der Waals surface area contributed by atoms with Crippen molar-refractivity contribution in [1.29, 1.82) is 0 Å². The third kappa shape index (κ3) is 1.33. The SMILES string of the molecule is CCC1CC1(O)c1ccc2c(c1)CCC2. The smallest absolute Gasteiger partial charge is 0.0929 e. The lowest BCUT2D eigenvalue weighted by atomic mass is 9.99. The second kappa shape index (κ2) is 3.08. The van der Waals surface area contributed by atoms with E-state index < -0.39 is 5.60 Å². The Kier molecular flexibility index (Phi) is 1.93. The molecular formula is C14H18O. The van der Waals surface area contributed by atoms with Crippen molar-refractivity contribution in [3.63, 3.8) is 0 Å². The minimum atomic E-state index is -0.480. The zero-order valence-electron chi connectivity index (χ0n) is 9.29. The third-order valence-corrected chi connectivity index (χ3v) is 4.16. The molecule has 1 aromatic rings. The van der Waals surface area contributed by atoms with Gasteiger partial charge in [0.2, 0.25) is 0 Å². The topological polar surface area (TPSA) is 20.2 Å². The monoisotopic (exact) mass is 202 g/mol. The molecule has 1 N–H and O–H groups in total. The van der Waals surface area contributed by atoms with E-state index in [4.69, 9.17) is 0 Å². The zero-order chi connectivity index (χ0) is 10.5. The van der Waals surface area contributed by atoms with Gasteiger partial charge in [-0.25, -0.2) is 0 Å². The average Bonchev–Trinajstić information content (AvgIpc) is 2.74. The maximum Gasteiger partial charge on any atom is 0.0929 e. The first-order valence-corrected chi connectivity index (χ1v) is 6.08. The fourth-order valence-corrected chi connectivity index (χ4v) is 2.99. The van der Waals surface area contributed by atoms with Crippen molar-refractivity contribution in [1.82, 2.24) is 0 Å². The van der Waals surface area contributed by atoms with Crippen LogP contribution in [0, 0.1) is 5.92 Å². The highest BCUT2D eigenvalue weighted by atomic mass is 16.3. The van der Waals surface area contributed by atoms with Crippen molar-refractivity contribution in [2.45, 2.75) is 44.6 Å². The zero-order valence-corrected chi connectivity index (χ0v) is 9.29. The van der Waals surface area contributed by atoms with Crippen molar-refractivity contribution in [3.05, 3.63) is 34.9 Å². The van der Waals surface area contributed by atoms with Crippen LogP contribution in [0.4, 0.5) is 0 Å². The summed E-state index contributed by atoms with van der Waals surface area (Å²) in [5.41, 5.74) is 3.65. The molecule has 1 saturated carbocycles. The lowest BCUT2D eigenvalue weighted by molar-refractivity contribution is 0.130. The van der Waals surface area contributed by atoms with Crippen molar-refractivity contribution < 1.29 is 5.11 Å². The predicted molar refractivity (Wildman–Crippen MR) is 60.8 cm³/mol. The Balaban J connectivity index is 1.94. The molecule has 1 heteroatoms. The highest BCUT2D eigenvalue weighted by molar-refractivity contribution is 5.40. The number of hydrogen-bond donors (Lipinski definition) is 1. The molecule has 1 nitrogen and oxygen atoms in total. The van der Waals surface area contributed by atoms with E-state index in [1.54, 1.807) is 0 Å². The van der Waals surface area contributed by atoms with Crippen molar-refractivity contribution in [2.75, 3.05) is 0 Å². The van der Waals surface area contributed by atoms with Crippen LogP contribution in [0.25, 0.3) is 0 Å². The molecule has 0 saturated heterocycles. The van der Waals surface area contributed by atoms with E-state index in [1.165, 1.54) is 30.4 Å². The molecule has 0 heterocycles. The molecule has 0 spiro atoms. The molecule has 2 aliphatic carbocycles. The van der Waals surface area contributed by atoms with Crippen LogP contribution in [-0.2, 0) is 18.4 Å². The Morgan fingerprint density at radius 2 is 2.13 bits per heavy atom. The quantitative estimate of drug-likeness (QED) is 0.782. The number of rotatable bonds is 2. The molecular weight excluding hydrogens is 184 g/mol. The highest BCUT2D eigenvalue weighted by Gasteiger charge is 2.52. The van der Waals surface area contributed by atoms with E-state index in [-0.39, 0.29) is 0 Å². The number of hydrogen-bond acceptors (Lipinski definition) is 1. The van der Waals surface area contributed by atoms with Gasteiger partial charge < -0.3 is 5.11 Å². The molecule has 2 atom stereocenters. The predicted octanol–water partition coefficient (Wildman–Crippen LogP) is 2.79. The molecule has 0 amide bonds. The summed E-state index contributed by atoms with van der Waals surface area (Å²) in [5, 5.41) is 10.4. The van der Waals surface area contributed by atoms with Crippen LogP contribution < -0.4 is 0 Å². The largest absolute Gasteiger partial charge is 0.385 e. The molecule has 1 aromatic carbocycles. The van der Waals surface area contributed by atoms with Gasteiger partial charge in [-0.1, -0.05) is 31.5 Å². The lowest BCUT2D eigenvalue weighted by Crippen LogP contribution is -2.08.